The summed E-state index contributed by atoms with van der Waals surface area (Å²) in [6.07, 6.45) is 3.82. The van der Waals surface area contributed by atoms with Gasteiger partial charge in [0.25, 0.3) is 5.91 Å². The zero-order valence-corrected chi connectivity index (χ0v) is 51.1. The van der Waals surface area contributed by atoms with E-state index < -0.39 is 63.9 Å². The van der Waals surface area contributed by atoms with Gasteiger partial charge in [0.05, 0.1) is 61.4 Å². The lowest BCUT2D eigenvalue weighted by Crippen LogP contribution is -2.48. The van der Waals surface area contributed by atoms with Crippen LogP contribution >= 0.6 is 34.8 Å². The molecule has 4 N–H and O–H groups in total. The number of benzene rings is 4. The monoisotopic (exact) mass is 1250 g/mol. The molecule has 0 saturated carbocycles. The van der Waals surface area contributed by atoms with E-state index in [-0.39, 0.29) is 142 Å². The van der Waals surface area contributed by atoms with E-state index in [0.717, 1.165) is 6.07 Å². The number of piperazine rings is 1. The number of likely N-dealkylation sites (N-methyl/N-ethyl adjacent to an activating group) is 1. The van der Waals surface area contributed by atoms with Gasteiger partial charge in [-0.3, -0.25) is 19.2 Å². The second-order valence-corrected chi connectivity index (χ2v) is 23.9. The molecule has 8 rings (SSSR count). The van der Waals surface area contributed by atoms with Crippen molar-refractivity contribution in [2.45, 2.75) is 77.3 Å². The molecular weight excluding hydrogens is 1180 g/mol. The molecule has 0 unspecified atom stereocenters. The van der Waals surface area contributed by atoms with Gasteiger partial charge in [-0.1, -0.05) is 86.8 Å². The molecule has 0 bridgehead atoms. The van der Waals surface area contributed by atoms with Gasteiger partial charge in [-0.2, -0.15) is 10.2 Å². The Bertz CT molecular complexity index is 3480. The summed E-state index contributed by atoms with van der Waals surface area (Å²) in [6, 6.07) is 14.3. The largest absolute Gasteiger partial charge is 0.495 e. The van der Waals surface area contributed by atoms with Crippen molar-refractivity contribution in [3.8, 4) is 11.8 Å². The first kappa shape index (κ1) is 64.9. The third-order valence-electron chi connectivity index (χ3n) is 15.6. The summed E-state index contributed by atoms with van der Waals surface area (Å²) in [5, 5.41) is 23.4. The van der Waals surface area contributed by atoms with Gasteiger partial charge in [-0.05, 0) is 78.3 Å². The van der Waals surface area contributed by atoms with E-state index in [2.05, 4.69) is 32.3 Å². The zero-order valence-electron chi connectivity index (χ0n) is 48.8. The molecule has 5 aromatic rings. The maximum atomic E-state index is 16.7. The van der Waals surface area contributed by atoms with Crippen LogP contribution in [0.15, 0.2) is 78.6 Å². The summed E-state index contributed by atoms with van der Waals surface area (Å²) in [5.41, 5.74) is -2.03. The molecular formula is C62H69Cl3F4N10O7. The van der Waals surface area contributed by atoms with Gasteiger partial charge >= 0.3 is 0 Å². The molecule has 458 valence electrons. The number of nitriles is 1. The summed E-state index contributed by atoms with van der Waals surface area (Å²) in [7, 11) is 3.00. The third kappa shape index (κ3) is 14.5. The van der Waals surface area contributed by atoms with Crippen LogP contribution in [0.25, 0.3) is 16.5 Å². The Morgan fingerprint density at radius 3 is 2.31 bits per heavy atom. The molecule has 3 aliphatic rings. The van der Waals surface area contributed by atoms with Gasteiger partial charge < -0.3 is 50.2 Å². The van der Waals surface area contributed by atoms with Gasteiger partial charge in [0, 0.05) is 111 Å². The number of fused-ring (bicyclic) bond motifs is 1. The molecule has 4 amide bonds. The van der Waals surface area contributed by atoms with Crippen LogP contribution in [0.2, 0.25) is 15.1 Å². The predicted molar refractivity (Wildman–Crippen MR) is 324 cm³/mol. The Morgan fingerprint density at radius 1 is 0.907 bits per heavy atom. The fraction of sp³-hybridized carbons (Fsp3) is 0.435. The molecule has 0 spiro atoms. The van der Waals surface area contributed by atoms with Crippen molar-refractivity contribution in [3.05, 3.63) is 133 Å². The third-order valence-corrected chi connectivity index (χ3v) is 16.5. The fourth-order valence-corrected chi connectivity index (χ4v) is 12.0. The molecule has 2 fully saturated rings. The van der Waals surface area contributed by atoms with E-state index in [0.29, 0.717) is 43.8 Å². The van der Waals surface area contributed by atoms with Gasteiger partial charge in [0.1, 0.15) is 40.0 Å². The van der Waals surface area contributed by atoms with Gasteiger partial charge in [-0.15, -0.1) is 0 Å². The van der Waals surface area contributed by atoms with Crippen LogP contribution in [0, 0.1) is 40.1 Å². The van der Waals surface area contributed by atoms with Crippen LogP contribution in [-0.4, -0.2) is 142 Å². The van der Waals surface area contributed by atoms with Crippen LogP contribution in [0.5, 0.6) is 5.75 Å². The molecule has 1 aromatic heterocycles. The number of nitrogens with one attached hydrogen (secondary N) is 4. The first-order valence-corrected chi connectivity index (χ1v) is 29.3. The van der Waals surface area contributed by atoms with Crippen LogP contribution in [0.4, 0.5) is 35.0 Å². The maximum absolute atomic E-state index is 16.7. The van der Waals surface area contributed by atoms with E-state index in [1.165, 1.54) is 73.5 Å². The second-order valence-electron chi connectivity index (χ2n) is 22.7. The lowest BCUT2D eigenvalue weighted by atomic mass is 9.62. The van der Waals surface area contributed by atoms with Crippen molar-refractivity contribution in [1.29, 1.82) is 5.26 Å². The number of methoxy groups -OCH3 is 1. The number of amides is 4. The number of allylic oxidation sites excluding steroid dienone is 4. The van der Waals surface area contributed by atoms with Gasteiger partial charge in [0.2, 0.25) is 23.7 Å². The molecule has 2 saturated heterocycles. The summed E-state index contributed by atoms with van der Waals surface area (Å²) >= 11 is 19.2. The van der Waals surface area contributed by atoms with Gasteiger partial charge in [-0.25, -0.2) is 22.5 Å². The summed E-state index contributed by atoms with van der Waals surface area (Å²) in [4.78, 5) is 67.5. The molecule has 2 aliphatic heterocycles. The van der Waals surface area contributed by atoms with Crippen molar-refractivity contribution in [2.75, 3.05) is 102 Å². The van der Waals surface area contributed by atoms with Crippen LogP contribution in [0.3, 0.4) is 0 Å². The van der Waals surface area contributed by atoms with Crippen LogP contribution in [0.1, 0.15) is 86.8 Å². The highest BCUT2D eigenvalue weighted by molar-refractivity contribution is 6.33. The highest BCUT2D eigenvalue weighted by Gasteiger charge is 2.61. The zero-order chi connectivity index (χ0) is 62.2. The second kappa shape index (κ2) is 28.2. The number of halogens is 7. The Balaban J connectivity index is 0.808. The smallest absolute Gasteiger partial charge is 0.251 e. The highest BCUT2D eigenvalue weighted by Crippen LogP contribution is 2.53. The summed E-state index contributed by atoms with van der Waals surface area (Å²) < 4.78 is 81.2. The summed E-state index contributed by atoms with van der Waals surface area (Å²) in [5.74, 6) is -5.51. The Labute approximate surface area is 512 Å². The average molecular weight is 1250 g/mol. The number of rotatable bonds is 22. The molecule has 4 aromatic carbocycles. The summed E-state index contributed by atoms with van der Waals surface area (Å²) in [6.45, 7) is 12.0. The van der Waals surface area contributed by atoms with Crippen molar-refractivity contribution < 1.29 is 51.0 Å². The van der Waals surface area contributed by atoms with Crippen LogP contribution in [-0.2, 0) is 29.3 Å². The number of nitrogens with zero attached hydrogens (tertiary/aromatic N) is 6. The Morgan fingerprint density at radius 2 is 1.64 bits per heavy atom. The normalized spacial score (nSPS) is 19.6. The molecule has 3 heterocycles. The van der Waals surface area contributed by atoms with Crippen molar-refractivity contribution in [2.24, 2.45) is 11.3 Å². The molecule has 17 nitrogen and oxygen atoms in total. The number of hydrogen-bond acceptors (Lipinski definition) is 13. The number of aromatic nitrogens is 2. The average Bonchev–Trinajstić information content (AvgIpc) is 1.50. The number of ether oxygens (including phenoxy) is 3. The minimum Gasteiger partial charge on any atom is -0.495 e. The fourth-order valence-electron chi connectivity index (χ4n) is 11.3. The highest BCUT2D eigenvalue weighted by atomic mass is 35.5. The first-order valence-electron chi connectivity index (χ1n) is 28.2. The molecule has 24 heteroatoms. The quantitative estimate of drug-likeness (QED) is 0.0377. The molecule has 86 heavy (non-hydrogen) atoms. The van der Waals surface area contributed by atoms with E-state index in [4.69, 9.17) is 54.0 Å². The number of hydrogen-bond donors (Lipinski definition) is 4. The number of carbonyl (C=O) groups is 4. The maximum Gasteiger partial charge on any atom is 0.251 e. The van der Waals surface area contributed by atoms with Crippen LogP contribution < -0.4 is 30.9 Å². The van der Waals surface area contributed by atoms with Crippen molar-refractivity contribution in [1.82, 2.24) is 30.4 Å². The number of carbonyl (C=O) groups excluding carboxylic acids is 4. The minimum atomic E-state index is -1.84. The lowest BCUT2D eigenvalue weighted by molar-refractivity contribution is -0.130. The SMILES string of the molecule is COc1cc(C(=O)NCCOCCOCCN(C)C(=O)CCNc2nc(N3CCN(C(C)=O)CC3)c3cc(Cl)c(C4=C(F)C=CC[C@@H]4C)c(F)c3n2)ccc1NC(=O)[C@@H]1N[C@@H](CC(C)(C)C)[C@](C#N)(c2ccc(Cl)cc2F)[C@H]1c1cccc(Cl)c1F. The number of anilines is 3. The topological polar surface area (TPSA) is 203 Å². The van der Waals surface area contributed by atoms with E-state index in [1.54, 1.807) is 31.0 Å². The first-order chi connectivity index (χ1) is 41.0. The van der Waals surface area contributed by atoms with Crippen molar-refractivity contribution in [3.63, 3.8) is 0 Å². The Kier molecular flexibility index (Phi) is 21.3. The van der Waals surface area contributed by atoms with E-state index >= 15 is 17.6 Å². The lowest BCUT2D eigenvalue weighted by Gasteiger charge is -2.37. The van der Waals surface area contributed by atoms with E-state index in [1.807, 2.05) is 25.7 Å². The molecule has 0 radical (unpaired) electrons. The molecule has 5 atom stereocenters. The van der Waals surface area contributed by atoms with E-state index in [9.17, 15) is 24.4 Å². The minimum absolute atomic E-state index is 0.0268. The molecule has 1 aliphatic carbocycles. The Hall–Kier alpha value is -7.06. The standard InChI is InChI=1S/C62H69Cl3F4N10O7/c1-35-10-8-13-44(66)50(35)51-43(65)32-40-55(54(51)69)75-60(76-57(40)79-23-21-78(22-24-79)36(2)80)72-19-18-49(81)77(6)25-27-86-29-28-85-26-20-71-58(82)37-14-17-46(47(30-37)84-7)73-59(83)56-52(39-11-9-12-42(64)53(39)68)62(34-70,48(74-56)33-61(3,4)5)41-16-15-38(63)31-45(41)67/h8-9,11-17,30-32,35,48,52,56,74H,10,18-29,33H2,1-7H3,(H,71,82)(H,73,83)(H,72,75,76)/t35-,48-,52-,56+,62-/m0/s1. The van der Waals surface area contributed by atoms with Gasteiger partial charge in [0.15, 0.2) is 5.82 Å². The predicted octanol–water partition coefficient (Wildman–Crippen LogP) is 10.6. The van der Waals surface area contributed by atoms with Crippen molar-refractivity contribution >= 4 is 92.4 Å².